The van der Waals surface area contributed by atoms with Crippen molar-refractivity contribution in [2.45, 2.75) is 56.8 Å². The van der Waals surface area contributed by atoms with Crippen LogP contribution in [-0.4, -0.2) is 58.5 Å². The molecule has 0 spiro atoms. The van der Waals surface area contributed by atoms with E-state index in [4.69, 9.17) is 9.57 Å². The van der Waals surface area contributed by atoms with E-state index in [0.717, 1.165) is 43.2 Å². The Hall–Kier alpha value is -3.30. The van der Waals surface area contributed by atoms with Gasteiger partial charge in [-0.3, -0.25) is 29.1 Å². The van der Waals surface area contributed by atoms with Gasteiger partial charge in [-0.25, -0.2) is 0 Å². The van der Waals surface area contributed by atoms with Gasteiger partial charge in [-0.15, -0.1) is 0 Å². The van der Waals surface area contributed by atoms with E-state index < -0.39 is 18.1 Å². The van der Waals surface area contributed by atoms with Gasteiger partial charge in [-0.1, -0.05) is 37.5 Å². The first-order chi connectivity index (χ1) is 17.1. The fraction of sp³-hybridized carbons (Fsp3) is 0.462. The topological polar surface area (TPSA) is 101 Å². The molecule has 1 N–H and O–H groups in total. The molecule has 2 saturated heterocycles. The summed E-state index contributed by atoms with van der Waals surface area (Å²) in [6, 6.07) is 10.5. The molecule has 3 heterocycles. The minimum absolute atomic E-state index is 0.0614. The molecule has 3 fully saturated rings. The van der Waals surface area contributed by atoms with Gasteiger partial charge in [0.05, 0.1) is 19.1 Å². The van der Waals surface area contributed by atoms with Crippen LogP contribution >= 0.6 is 0 Å². The number of hydrogen-bond donors (Lipinski definition) is 1. The van der Waals surface area contributed by atoms with Crippen molar-refractivity contribution in [3.05, 3.63) is 59.9 Å². The first kappa shape index (κ1) is 23.4. The average molecular weight is 479 g/mol. The summed E-state index contributed by atoms with van der Waals surface area (Å²) in [5.74, 6) is -0.769. The number of carbonyl (C=O) groups excluding carboxylic acids is 3. The number of hydrogen-bond acceptors (Lipinski definition) is 7. The molecule has 3 amide bonds. The third kappa shape index (κ3) is 4.53. The molecule has 35 heavy (non-hydrogen) atoms. The molecule has 9 nitrogen and oxygen atoms in total. The molecule has 1 aromatic heterocycles. The van der Waals surface area contributed by atoms with E-state index in [9.17, 15) is 14.4 Å². The van der Waals surface area contributed by atoms with E-state index in [1.165, 1.54) is 9.96 Å². The zero-order valence-electron chi connectivity index (χ0n) is 19.8. The van der Waals surface area contributed by atoms with Crippen LogP contribution < -0.4 is 10.1 Å². The Morgan fingerprint density at radius 2 is 1.83 bits per heavy atom. The zero-order valence-corrected chi connectivity index (χ0v) is 19.8. The molecule has 1 aliphatic carbocycles. The van der Waals surface area contributed by atoms with Crippen molar-refractivity contribution in [2.75, 3.05) is 13.7 Å². The summed E-state index contributed by atoms with van der Waals surface area (Å²) in [6.07, 6.45) is 7.22. The number of ether oxygens (including phenoxy) is 1. The van der Waals surface area contributed by atoms with E-state index in [0.29, 0.717) is 5.75 Å². The quantitative estimate of drug-likeness (QED) is 0.610. The number of nitrogens with zero attached hydrogens (tertiary/aromatic N) is 3. The van der Waals surface area contributed by atoms with Gasteiger partial charge in [0, 0.05) is 30.5 Å². The average Bonchev–Trinajstić information content (AvgIpc) is 3.38. The van der Waals surface area contributed by atoms with Crippen molar-refractivity contribution in [3.63, 3.8) is 0 Å². The van der Waals surface area contributed by atoms with Gasteiger partial charge < -0.3 is 10.1 Å². The van der Waals surface area contributed by atoms with Crippen molar-refractivity contribution in [3.8, 4) is 5.75 Å². The molecule has 3 atom stereocenters. The number of amides is 3. The highest BCUT2D eigenvalue weighted by Crippen LogP contribution is 2.45. The van der Waals surface area contributed by atoms with Gasteiger partial charge in [0.1, 0.15) is 12.3 Å². The number of benzene rings is 1. The lowest BCUT2D eigenvalue weighted by Gasteiger charge is -2.32. The molecule has 0 radical (unpaired) electrons. The number of nitrogens with one attached hydrogen (secondary N) is 1. The van der Waals surface area contributed by atoms with E-state index in [-0.39, 0.29) is 36.9 Å². The molecule has 2 aromatic rings. The van der Waals surface area contributed by atoms with E-state index >= 15 is 0 Å². The Balaban J connectivity index is 1.33. The van der Waals surface area contributed by atoms with Crippen LogP contribution in [0.4, 0.5) is 0 Å². The Bertz CT molecular complexity index is 1090. The summed E-state index contributed by atoms with van der Waals surface area (Å²) in [7, 11) is 1.58. The number of fused-ring (bicyclic) bond motifs is 1. The van der Waals surface area contributed by atoms with Crippen LogP contribution in [-0.2, 0) is 25.8 Å². The van der Waals surface area contributed by atoms with Gasteiger partial charge in [-0.2, -0.15) is 5.06 Å². The standard InChI is InChI=1S/C26H30N4O5/c1-34-20-10-6-5-7-18(20)15-28-21(31)16-29-23(17-11-13-27-14-12-17)22-24(35-29)26(33)30(25(22)32)19-8-3-2-4-9-19/h5-7,10-14,19,22-24H,2-4,8-9,15-16H2,1H3,(H,28,31). The normalized spacial score (nSPS) is 25.1. The van der Waals surface area contributed by atoms with Gasteiger partial charge in [0.2, 0.25) is 11.8 Å². The number of pyridine rings is 1. The van der Waals surface area contributed by atoms with Gasteiger partial charge in [0.25, 0.3) is 5.91 Å². The number of para-hydroxylation sites is 1. The molecule has 3 unspecified atom stereocenters. The molecule has 1 saturated carbocycles. The lowest BCUT2D eigenvalue weighted by atomic mass is 9.91. The molecule has 9 heteroatoms. The maximum absolute atomic E-state index is 13.6. The maximum atomic E-state index is 13.6. The van der Waals surface area contributed by atoms with Crippen LogP contribution in [0.15, 0.2) is 48.8 Å². The fourth-order valence-electron chi connectivity index (χ4n) is 5.50. The SMILES string of the molecule is COc1ccccc1CNC(=O)CN1OC2C(=O)N(C3CCCCC3)C(=O)C2C1c1ccncc1. The van der Waals surface area contributed by atoms with Crippen LogP contribution in [0, 0.1) is 5.92 Å². The second kappa shape index (κ2) is 10.1. The highest BCUT2D eigenvalue weighted by molar-refractivity contribution is 6.07. The fourth-order valence-corrected chi connectivity index (χ4v) is 5.50. The largest absolute Gasteiger partial charge is 0.496 e. The smallest absolute Gasteiger partial charge is 0.261 e. The van der Waals surface area contributed by atoms with Gasteiger partial charge in [0.15, 0.2) is 6.10 Å². The number of imide groups is 1. The van der Waals surface area contributed by atoms with Crippen molar-refractivity contribution in [1.82, 2.24) is 20.3 Å². The first-order valence-corrected chi connectivity index (χ1v) is 12.2. The molecule has 3 aliphatic rings. The van der Waals surface area contributed by atoms with Crippen molar-refractivity contribution >= 4 is 17.7 Å². The molecular weight excluding hydrogens is 448 g/mol. The maximum Gasteiger partial charge on any atom is 0.261 e. The Morgan fingerprint density at radius 3 is 2.57 bits per heavy atom. The van der Waals surface area contributed by atoms with Crippen LogP contribution in [0.2, 0.25) is 0 Å². The highest BCUT2D eigenvalue weighted by Gasteiger charge is 2.60. The number of methoxy groups -OCH3 is 1. The van der Waals surface area contributed by atoms with E-state index in [1.807, 2.05) is 24.3 Å². The van der Waals surface area contributed by atoms with Crippen molar-refractivity contribution in [1.29, 1.82) is 0 Å². The first-order valence-electron chi connectivity index (χ1n) is 12.2. The lowest BCUT2D eigenvalue weighted by molar-refractivity contribution is -0.184. The minimum Gasteiger partial charge on any atom is -0.496 e. The monoisotopic (exact) mass is 478 g/mol. The summed E-state index contributed by atoms with van der Waals surface area (Å²) < 4.78 is 5.35. The second-order valence-corrected chi connectivity index (χ2v) is 9.28. The number of carbonyl (C=O) groups is 3. The third-order valence-corrected chi connectivity index (χ3v) is 7.18. The van der Waals surface area contributed by atoms with E-state index in [1.54, 1.807) is 31.6 Å². The summed E-state index contributed by atoms with van der Waals surface area (Å²) in [6.45, 7) is 0.177. The van der Waals surface area contributed by atoms with Crippen LogP contribution in [0.3, 0.4) is 0 Å². The lowest BCUT2D eigenvalue weighted by Crippen LogP contribution is -2.45. The number of aromatic nitrogens is 1. The van der Waals surface area contributed by atoms with Gasteiger partial charge >= 0.3 is 0 Å². The molecule has 5 rings (SSSR count). The number of rotatable bonds is 7. The predicted octanol–water partition coefficient (Wildman–Crippen LogP) is 2.38. The number of likely N-dealkylation sites (tertiary alicyclic amines) is 1. The Morgan fingerprint density at radius 1 is 1.09 bits per heavy atom. The Labute approximate surface area is 204 Å². The highest BCUT2D eigenvalue weighted by atomic mass is 16.7. The summed E-state index contributed by atoms with van der Waals surface area (Å²) in [4.78, 5) is 51.3. The predicted molar refractivity (Wildman–Crippen MR) is 126 cm³/mol. The third-order valence-electron chi connectivity index (χ3n) is 7.18. The molecular formula is C26H30N4O5. The summed E-state index contributed by atoms with van der Waals surface area (Å²) >= 11 is 0. The van der Waals surface area contributed by atoms with Crippen LogP contribution in [0.25, 0.3) is 0 Å². The van der Waals surface area contributed by atoms with Crippen molar-refractivity contribution in [2.24, 2.45) is 5.92 Å². The molecule has 2 aliphatic heterocycles. The molecule has 184 valence electrons. The van der Waals surface area contributed by atoms with Crippen molar-refractivity contribution < 1.29 is 24.0 Å². The minimum atomic E-state index is -0.912. The van der Waals surface area contributed by atoms with Gasteiger partial charge in [-0.05, 0) is 36.6 Å². The molecule has 1 aromatic carbocycles. The number of hydroxylamine groups is 2. The summed E-state index contributed by atoms with van der Waals surface area (Å²) in [5.41, 5.74) is 1.64. The van der Waals surface area contributed by atoms with E-state index in [2.05, 4.69) is 10.3 Å². The molecule has 0 bridgehead atoms. The van der Waals surface area contributed by atoms with Crippen LogP contribution in [0.5, 0.6) is 5.75 Å². The summed E-state index contributed by atoms with van der Waals surface area (Å²) in [5, 5.41) is 4.37. The zero-order chi connectivity index (χ0) is 24.4. The second-order valence-electron chi connectivity index (χ2n) is 9.28. The van der Waals surface area contributed by atoms with Crippen LogP contribution in [0.1, 0.15) is 49.3 Å². The Kier molecular flexibility index (Phi) is 6.79.